The number of fused-ring (bicyclic) bond motifs is 1. The maximum Gasteiger partial charge on any atom is 0.338 e. The van der Waals surface area contributed by atoms with E-state index in [-0.39, 0.29) is 48.1 Å². The van der Waals surface area contributed by atoms with Crippen molar-refractivity contribution >= 4 is 40.6 Å². The van der Waals surface area contributed by atoms with Gasteiger partial charge in [-0.2, -0.15) is 9.97 Å². The van der Waals surface area contributed by atoms with E-state index in [4.69, 9.17) is 21.1 Å². The lowest BCUT2D eigenvalue weighted by atomic mass is 9.89. The minimum atomic E-state index is -1.89. The Morgan fingerprint density at radius 1 is 1.33 bits per heavy atom. The Balaban J connectivity index is 1.51. The number of hydrogen-bond acceptors (Lipinski definition) is 7. The molecule has 3 atom stereocenters. The summed E-state index contributed by atoms with van der Waals surface area (Å²) in [7, 11) is 0. The summed E-state index contributed by atoms with van der Waals surface area (Å²) in [4.78, 5) is 37.2. The van der Waals surface area contributed by atoms with Crippen LogP contribution in [0.4, 0.5) is 10.3 Å². The van der Waals surface area contributed by atoms with Gasteiger partial charge in [0.1, 0.15) is 18.2 Å². The topological polar surface area (TPSA) is 108 Å². The highest BCUT2D eigenvalue weighted by Crippen LogP contribution is 2.40. The number of alkyl halides is 1. The number of nitrogens with zero attached hydrogens (tertiary/aromatic N) is 4. The lowest BCUT2D eigenvalue weighted by Gasteiger charge is -2.25. The number of esters is 1. The summed E-state index contributed by atoms with van der Waals surface area (Å²) < 4.78 is 29.0. The molecule has 11 heteroatoms. The summed E-state index contributed by atoms with van der Waals surface area (Å²) in [6.07, 6.45) is -0.106. The minimum absolute atomic E-state index is 0.00528. The van der Waals surface area contributed by atoms with E-state index in [1.807, 2.05) is 0 Å². The van der Waals surface area contributed by atoms with Crippen molar-refractivity contribution in [3.05, 3.63) is 59.5 Å². The highest BCUT2D eigenvalue weighted by atomic mass is 35.5. The zero-order valence-electron chi connectivity index (χ0n) is 20.2. The normalized spacial score (nSPS) is 21.6. The fourth-order valence-electron chi connectivity index (χ4n) is 3.96. The molecule has 3 aromatic rings. The Morgan fingerprint density at radius 3 is 2.72 bits per heavy atom. The van der Waals surface area contributed by atoms with Crippen molar-refractivity contribution in [2.75, 3.05) is 11.9 Å². The van der Waals surface area contributed by atoms with Crippen molar-refractivity contribution in [2.45, 2.75) is 51.6 Å². The van der Waals surface area contributed by atoms with E-state index in [9.17, 15) is 9.59 Å². The van der Waals surface area contributed by atoms with Crippen molar-refractivity contribution in [2.24, 2.45) is 5.92 Å². The van der Waals surface area contributed by atoms with Gasteiger partial charge < -0.3 is 14.0 Å². The third kappa shape index (κ3) is 5.24. The lowest BCUT2D eigenvalue weighted by molar-refractivity contribution is -0.118. The Hall–Kier alpha value is -3.37. The zero-order chi connectivity index (χ0) is 26.0. The van der Waals surface area contributed by atoms with E-state index >= 15 is 4.39 Å². The Kier molecular flexibility index (Phi) is 7.37. The molecule has 9 nitrogen and oxygen atoms in total. The van der Waals surface area contributed by atoms with E-state index in [1.54, 1.807) is 55.7 Å². The predicted molar refractivity (Wildman–Crippen MR) is 132 cm³/mol. The highest BCUT2D eigenvalue weighted by Gasteiger charge is 2.50. The first-order valence-electron chi connectivity index (χ1n) is 11.5. The van der Waals surface area contributed by atoms with Gasteiger partial charge in [-0.15, -0.1) is 0 Å². The first kappa shape index (κ1) is 25.7. The number of ether oxygens (including phenoxy) is 2. The largest absolute Gasteiger partial charge is 0.459 e. The molecule has 0 radical (unpaired) electrons. The quantitative estimate of drug-likeness (QED) is 0.269. The number of benzene rings is 1. The van der Waals surface area contributed by atoms with Gasteiger partial charge in [0, 0.05) is 12.3 Å². The standard InChI is InChI=1S/C25H27ClFN5O4/c1-14(2)22(33)31-24-29-20(26)19-21(30-24)32(13-28-19)11-17-10-25(27,15(3)4)18(36-17)12-35-23(34)16-8-6-5-7-9-16/h5-9,13-14,17-18H,3,10-12H2,1-2,4H3,(H,29,30,31,33)/t17-,18-,25?/m1/s1. The Bertz CT molecular complexity index is 1300. The van der Waals surface area contributed by atoms with Gasteiger partial charge in [-0.05, 0) is 24.6 Å². The number of rotatable bonds is 8. The van der Waals surface area contributed by atoms with Gasteiger partial charge in [0.05, 0.1) is 24.5 Å². The first-order chi connectivity index (χ1) is 17.1. The summed E-state index contributed by atoms with van der Waals surface area (Å²) in [6, 6.07) is 8.47. The summed E-state index contributed by atoms with van der Waals surface area (Å²) in [6.45, 7) is 8.81. The van der Waals surface area contributed by atoms with Gasteiger partial charge in [0.25, 0.3) is 0 Å². The molecule has 36 heavy (non-hydrogen) atoms. The molecule has 1 aliphatic heterocycles. The smallest absolute Gasteiger partial charge is 0.338 e. The van der Waals surface area contributed by atoms with Crippen molar-refractivity contribution < 1.29 is 23.5 Å². The molecule has 1 fully saturated rings. The molecule has 2 aromatic heterocycles. The van der Waals surface area contributed by atoms with Crippen molar-refractivity contribution in [1.29, 1.82) is 0 Å². The predicted octanol–water partition coefficient (Wildman–Crippen LogP) is 4.37. The minimum Gasteiger partial charge on any atom is -0.459 e. The van der Waals surface area contributed by atoms with Crippen LogP contribution in [-0.2, 0) is 20.8 Å². The first-order valence-corrected chi connectivity index (χ1v) is 11.9. The van der Waals surface area contributed by atoms with Crippen LogP contribution < -0.4 is 5.32 Å². The summed E-state index contributed by atoms with van der Waals surface area (Å²) >= 11 is 6.26. The molecule has 3 heterocycles. The van der Waals surface area contributed by atoms with Crippen LogP contribution in [0.5, 0.6) is 0 Å². The van der Waals surface area contributed by atoms with Crippen LogP contribution in [0.3, 0.4) is 0 Å². The molecule has 0 saturated carbocycles. The molecule has 1 saturated heterocycles. The molecule has 0 spiro atoms. The van der Waals surface area contributed by atoms with Crippen LogP contribution in [0.25, 0.3) is 11.2 Å². The second-order valence-electron chi connectivity index (χ2n) is 9.11. The summed E-state index contributed by atoms with van der Waals surface area (Å²) in [5.41, 5.74) is -0.520. The van der Waals surface area contributed by atoms with Crippen LogP contribution in [-0.4, -0.2) is 55.9 Å². The van der Waals surface area contributed by atoms with Crippen LogP contribution in [0.15, 0.2) is 48.8 Å². The van der Waals surface area contributed by atoms with E-state index in [0.29, 0.717) is 16.7 Å². The average molecular weight is 516 g/mol. The number of imidazole rings is 1. The van der Waals surface area contributed by atoms with E-state index in [1.165, 1.54) is 6.33 Å². The van der Waals surface area contributed by atoms with Gasteiger partial charge in [-0.25, -0.2) is 14.2 Å². The van der Waals surface area contributed by atoms with Gasteiger partial charge in [-0.1, -0.05) is 50.2 Å². The summed E-state index contributed by atoms with van der Waals surface area (Å²) in [5.74, 6) is -1.04. The number of carbonyl (C=O) groups is 2. The van der Waals surface area contributed by atoms with Crippen molar-refractivity contribution in [3.63, 3.8) is 0 Å². The third-order valence-electron chi connectivity index (χ3n) is 6.06. The average Bonchev–Trinajstić information content (AvgIpc) is 3.39. The molecule has 0 aliphatic carbocycles. The van der Waals surface area contributed by atoms with Crippen LogP contribution in [0.2, 0.25) is 5.15 Å². The second-order valence-corrected chi connectivity index (χ2v) is 9.47. The van der Waals surface area contributed by atoms with E-state index in [0.717, 1.165) is 0 Å². The van der Waals surface area contributed by atoms with Crippen LogP contribution in [0, 0.1) is 5.92 Å². The lowest BCUT2D eigenvalue weighted by Crippen LogP contribution is -2.38. The number of hydrogen-bond donors (Lipinski definition) is 1. The Labute approximate surface area is 212 Å². The second kappa shape index (κ2) is 10.3. The van der Waals surface area contributed by atoms with Crippen molar-refractivity contribution in [3.8, 4) is 0 Å². The SMILES string of the molecule is C=C(C)C1(F)C[C@H](Cn2cnc3c(Cl)nc(NC(=O)C(C)C)nc32)O[C@@H]1COC(=O)c1ccccc1. The van der Waals surface area contributed by atoms with E-state index in [2.05, 4.69) is 26.8 Å². The molecule has 0 bridgehead atoms. The fourth-order valence-corrected chi connectivity index (χ4v) is 4.17. The van der Waals surface area contributed by atoms with Gasteiger partial charge in [0.15, 0.2) is 16.5 Å². The van der Waals surface area contributed by atoms with Crippen LogP contribution >= 0.6 is 11.6 Å². The number of halogens is 2. The molecule has 1 amide bonds. The van der Waals surface area contributed by atoms with E-state index < -0.39 is 23.8 Å². The molecule has 190 valence electrons. The maximum atomic E-state index is 16.0. The van der Waals surface area contributed by atoms with Gasteiger partial charge in [0.2, 0.25) is 11.9 Å². The molecule has 4 rings (SSSR count). The maximum absolute atomic E-state index is 16.0. The summed E-state index contributed by atoms with van der Waals surface area (Å²) in [5, 5.41) is 2.70. The number of amides is 1. The number of carbonyl (C=O) groups excluding carboxylic acids is 2. The van der Waals surface area contributed by atoms with Crippen molar-refractivity contribution in [1.82, 2.24) is 19.5 Å². The zero-order valence-corrected chi connectivity index (χ0v) is 21.0. The highest BCUT2D eigenvalue weighted by molar-refractivity contribution is 6.33. The molecular weight excluding hydrogens is 489 g/mol. The van der Waals surface area contributed by atoms with Crippen LogP contribution in [0.1, 0.15) is 37.6 Å². The molecule has 1 aromatic carbocycles. The molecule has 1 aliphatic rings. The third-order valence-corrected chi connectivity index (χ3v) is 6.32. The van der Waals surface area contributed by atoms with Gasteiger partial charge >= 0.3 is 5.97 Å². The van der Waals surface area contributed by atoms with Gasteiger partial charge in [-0.3, -0.25) is 10.1 Å². The molecule has 1 N–H and O–H groups in total. The Morgan fingerprint density at radius 2 is 2.06 bits per heavy atom. The number of anilines is 1. The number of aromatic nitrogens is 4. The molecule has 1 unspecified atom stereocenters. The fraction of sp³-hybridized carbons (Fsp3) is 0.400. The number of nitrogens with one attached hydrogen (secondary N) is 1. The molecular formula is C25H27ClFN5O4. The monoisotopic (exact) mass is 515 g/mol.